The zero-order valence-electron chi connectivity index (χ0n) is 18.8. The predicted molar refractivity (Wildman–Crippen MR) is 123 cm³/mol. The lowest BCUT2D eigenvalue weighted by atomic mass is 10.4. The molecule has 8 heteroatoms. The highest BCUT2D eigenvalue weighted by Crippen LogP contribution is 2.18. The number of rotatable bonds is 17. The topological polar surface area (TPSA) is 48.0 Å². The smallest absolute Gasteiger partial charge is 0.320 e. The van der Waals surface area contributed by atoms with Crippen molar-refractivity contribution in [3.05, 3.63) is 0 Å². The lowest BCUT2D eigenvalue weighted by Gasteiger charge is -2.25. The molecular formula is C19H43NO4SSi2. The van der Waals surface area contributed by atoms with E-state index in [1.165, 1.54) is 12.5 Å². The van der Waals surface area contributed by atoms with Gasteiger partial charge in [0, 0.05) is 19.1 Å². The summed E-state index contributed by atoms with van der Waals surface area (Å²) in [5.41, 5.74) is 0. The summed E-state index contributed by atoms with van der Waals surface area (Å²) >= 11 is 1.91. The number of thioether (sulfide) groups is 1. The second-order valence-corrected chi connectivity index (χ2v) is 17.7. The molecule has 0 aliphatic rings. The van der Waals surface area contributed by atoms with Crippen LogP contribution in [0, 0.1) is 0 Å². The Hall–Kier alpha value is 0.134. The maximum atomic E-state index is 11.9. The summed E-state index contributed by atoms with van der Waals surface area (Å²) in [6.45, 7) is 18.5. The van der Waals surface area contributed by atoms with Gasteiger partial charge in [-0.25, -0.2) is 0 Å². The third kappa shape index (κ3) is 15.7. The molecule has 0 amide bonds. The SMILES string of the molecule is CCOC(=O)CN(CCC[Si](C)(C)OCC)CSCCC[Si](C)(C)OCC. The first-order chi connectivity index (χ1) is 12.7. The van der Waals surface area contributed by atoms with Crippen molar-refractivity contribution in [3.63, 3.8) is 0 Å². The molecule has 0 atom stereocenters. The molecule has 0 aromatic rings. The summed E-state index contributed by atoms with van der Waals surface area (Å²) in [6, 6.07) is 2.32. The zero-order valence-corrected chi connectivity index (χ0v) is 21.6. The number of hydrogen-bond acceptors (Lipinski definition) is 6. The highest BCUT2D eigenvalue weighted by atomic mass is 32.2. The molecule has 0 radical (unpaired) electrons. The Morgan fingerprint density at radius 2 is 1.44 bits per heavy atom. The van der Waals surface area contributed by atoms with Crippen LogP contribution in [0.4, 0.5) is 0 Å². The molecule has 0 fully saturated rings. The van der Waals surface area contributed by atoms with E-state index in [1.54, 1.807) is 0 Å². The van der Waals surface area contributed by atoms with Gasteiger partial charge in [-0.3, -0.25) is 9.69 Å². The lowest BCUT2D eigenvalue weighted by molar-refractivity contribution is -0.144. The largest absolute Gasteiger partial charge is 0.465 e. The molecule has 0 unspecified atom stereocenters. The van der Waals surface area contributed by atoms with E-state index >= 15 is 0 Å². The Morgan fingerprint density at radius 3 is 1.96 bits per heavy atom. The zero-order chi connectivity index (χ0) is 20.8. The number of nitrogens with zero attached hydrogens (tertiary/aromatic N) is 1. The van der Waals surface area contributed by atoms with Gasteiger partial charge < -0.3 is 13.6 Å². The number of carbonyl (C=O) groups excluding carboxylic acids is 1. The van der Waals surface area contributed by atoms with E-state index in [0.717, 1.165) is 43.9 Å². The quantitative estimate of drug-likeness (QED) is 0.141. The van der Waals surface area contributed by atoms with Crippen LogP contribution in [-0.2, 0) is 18.4 Å². The van der Waals surface area contributed by atoms with Gasteiger partial charge in [-0.05, 0) is 84.2 Å². The first-order valence-electron chi connectivity index (χ1n) is 10.4. The average Bonchev–Trinajstić information content (AvgIpc) is 2.54. The second kappa shape index (κ2) is 15.0. The van der Waals surface area contributed by atoms with Gasteiger partial charge in [-0.1, -0.05) is 0 Å². The molecule has 5 nitrogen and oxygen atoms in total. The van der Waals surface area contributed by atoms with Crippen LogP contribution in [0.5, 0.6) is 0 Å². The van der Waals surface area contributed by atoms with E-state index in [0.29, 0.717) is 13.2 Å². The van der Waals surface area contributed by atoms with Crippen molar-refractivity contribution in [2.75, 3.05) is 44.5 Å². The molecule has 0 aromatic heterocycles. The summed E-state index contributed by atoms with van der Waals surface area (Å²) in [4.78, 5) is 14.1. The van der Waals surface area contributed by atoms with Crippen LogP contribution < -0.4 is 0 Å². The van der Waals surface area contributed by atoms with Crippen molar-refractivity contribution >= 4 is 34.4 Å². The van der Waals surface area contributed by atoms with E-state index in [2.05, 4.69) is 44.9 Å². The van der Waals surface area contributed by atoms with E-state index in [4.69, 9.17) is 13.6 Å². The summed E-state index contributed by atoms with van der Waals surface area (Å²) in [7, 11) is -3.03. The van der Waals surface area contributed by atoms with Gasteiger partial charge in [0.2, 0.25) is 0 Å². The van der Waals surface area contributed by atoms with Gasteiger partial charge in [-0.15, -0.1) is 11.8 Å². The molecule has 0 spiro atoms. The molecule has 0 aromatic carbocycles. The van der Waals surface area contributed by atoms with Crippen LogP contribution in [0.2, 0.25) is 38.3 Å². The van der Waals surface area contributed by atoms with E-state index < -0.39 is 16.6 Å². The van der Waals surface area contributed by atoms with Crippen LogP contribution in [0.15, 0.2) is 0 Å². The number of hydrogen-bond donors (Lipinski definition) is 0. The van der Waals surface area contributed by atoms with Crippen molar-refractivity contribution in [3.8, 4) is 0 Å². The molecule has 0 N–H and O–H groups in total. The van der Waals surface area contributed by atoms with Crippen LogP contribution in [0.3, 0.4) is 0 Å². The fraction of sp³-hybridized carbons (Fsp3) is 0.947. The normalized spacial score (nSPS) is 12.6. The molecule has 0 heterocycles. The molecule has 0 aliphatic heterocycles. The molecule has 0 aliphatic carbocycles. The Bertz CT molecular complexity index is 398. The standard InChI is InChI=1S/C19H43NO4SSi2/c1-8-22-19(21)17-20(13-11-15-26(4,5)23-9-2)18-25-14-12-16-27(6,7)24-10-3/h8-18H2,1-7H3. The highest BCUT2D eigenvalue weighted by molar-refractivity contribution is 7.99. The Labute approximate surface area is 174 Å². The Morgan fingerprint density at radius 1 is 0.889 bits per heavy atom. The molecular weight excluding hydrogens is 394 g/mol. The molecule has 0 bridgehead atoms. The second-order valence-electron chi connectivity index (χ2n) is 7.99. The van der Waals surface area contributed by atoms with E-state index in [1.807, 2.05) is 18.7 Å². The van der Waals surface area contributed by atoms with E-state index in [9.17, 15) is 4.79 Å². The van der Waals surface area contributed by atoms with Gasteiger partial charge in [0.25, 0.3) is 0 Å². The first kappa shape index (κ1) is 27.1. The third-order valence-electron chi connectivity index (χ3n) is 4.32. The Kier molecular flexibility index (Phi) is 15.1. The predicted octanol–water partition coefficient (Wildman–Crippen LogP) is 4.81. The van der Waals surface area contributed by atoms with Crippen LogP contribution in [0.25, 0.3) is 0 Å². The highest BCUT2D eigenvalue weighted by Gasteiger charge is 2.23. The fourth-order valence-electron chi connectivity index (χ4n) is 3.03. The van der Waals surface area contributed by atoms with Crippen molar-refractivity contribution in [1.29, 1.82) is 0 Å². The number of esters is 1. The lowest BCUT2D eigenvalue weighted by Crippen LogP contribution is -2.35. The van der Waals surface area contributed by atoms with Gasteiger partial charge in [0.15, 0.2) is 16.6 Å². The van der Waals surface area contributed by atoms with Crippen molar-refractivity contribution in [2.45, 2.75) is 71.9 Å². The fourth-order valence-corrected chi connectivity index (χ4v) is 8.13. The van der Waals surface area contributed by atoms with Crippen molar-refractivity contribution in [2.24, 2.45) is 0 Å². The minimum Gasteiger partial charge on any atom is -0.465 e. The third-order valence-corrected chi connectivity index (χ3v) is 10.7. The summed E-state index contributed by atoms with van der Waals surface area (Å²) in [5.74, 6) is 1.87. The van der Waals surface area contributed by atoms with E-state index in [-0.39, 0.29) is 5.97 Å². The summed E-state index contributed by atoms with van der Waals surface area (Å²) in [6.07, 6.45) is 2.25. The van der Waals surface area contributed by atoms with Crippen LogP contribution in [-0.4, -0.2) is 72.0 Å². The van der Waals surface area contributed by atoms with Gasteiger partial charge >= 0.3 is 5.97 Å². The average molecular weight is 438 g/mol. The first-order valence-corrected chi connectivity index (χ1v) is 17.8. The van der Waals surface area contributed by atoms with Crippen LogP contribution >= 0.6 is 11.8 Å². The molecule has 0 saturated carbocycles. The molecule has 0 saturated heterocycles. The maximum Gasteiger partial charge on any atom is 0.320 e. The number of ether oxygens (including phenoxy) is 1. The molecule has 27 heavy (non-hydrogen) atoms. The Balaban J connectivity index is 4.29. The summed E-state index contributed by atoms with van der Waals surface area (Å²) in [5, 5.41) is 0. The van der Waals surface area contributed by atoms with Gasteiger partial charge in [0.1, 0.15) is 0 Å². The van der Waals surface area contributed by atoms with Gasteiger partial charge in [-0.2, -0.15) is 0 Å². The minimum absolute atomic E-state index is 0.121. The van der Waals surface area contributed by atoms with Crippen molar-refractivity contribution in [1.82, 2.24) is 4.90 Å². The van der Waals surface area contributed by atoms with Gasteiger partial charge in [0.05, 0.1) is 13.2 Å². The molecule has 162 valence electrons. The van der Waals surface area contributed by atoms with Crippen LogP contribution in [0.1, 0.15) is 33.6 Å². The monoisotopic (exact) mass is 437 g/mol. The summed E-state index contributed by atoms with van der Waals surface area (Å²) < 4.78 is 16.9. The number of carbonyl (C=O) groups is 1. The minimum atomic E-state index is -1.56. The van der Waals surface area contributed by atoms with Crippen molar-refractivity contribution < 1.29 is 18.4 Å². The maximum absolute atomic E-state index is 11.9. The molecule has 0 rings (SSSR count).